The van der Waals surface area contributed by atoms with Crippen LogP contribution in [0.2, 0.25) is 0 Å². The fraction of sp³-hybridized carbons (Fsp3) is 0.571. The average molecular weight is 219 g/mol. The number of fused-ring (bicyclic) bond motifs is 1. The van der Waals surface area contributed by atoms with Gasteiger partial charge < -0.3 is 10.1 Å². The van der Waals surface area contributed by atoms with Crippen LogP contribution >= 0.6 is 0 Å². The van der Waals surface area contributed by atoms with Gasteiger partial charge in [-0.15, -0.1) is 0 Å². The third-order valence-corrected chi connectivity index (χ3v) is 3.41. The number of benzene rings is 1. The maximum Gasteiger partial charge on any atom is 0.119 e. The molecule has 2 nitrogen and oxygen atoms in total. The van der Waals surface area contributed by atoms with E-state index in [0.29, 0.717) is 12.0 Å². The molecule has 1 aliphatic rings. The lowest BCUT2D eigenvalue weighted by atomic mass is 10.0. The van der Waals surface area contributed by atoms with E-state index in [1.54, 1.807) is 7.11 Å². The van der Waals surface area contributed by atoms with Crippen LogP contribution < -0.4 is 10.1 Å². The van der Waals surface area contributed by atoms with E-state index < -0.39 is 0 Å². The summed E-state index contributed by atoms with van der Waals surface area (Å²) in [6, 6.07) is 6.96. The minimum atomic E-state index is 0.505. The van der Waals surface area contributed by atoms with E-state index in [-0.39, 0.29) is 0 Å². The number of hydrogen-bond donors (Lipinski definition) is 1. The summed E-state index contributed by atoms with van der Waals surface area (Å²) in [5.74, 6) is 1.66. The highest BCUT2D eigenvalue weighted by molar-refractivity contribution is 5.41. The lowest BCUT2D eigenvalue weighted by Gasteiger charge is -2.18. The molecule has 0 aliphatic heterocycles. The molecule has 2 unspecified atom stereocenters. The molecule has 0 saturated carbocycles. The summed E-state index contributed by atoms with van der Waals surface area (Å²) >= 11 is 0. The Morgan fingerprint density at radius 2 is 2.25 bits per heavy atom. The maximum atomic E-state index is 5.30. The van der Waals surface area contributed by atoms with Crippen molar-refractivity contribution in [3.8, 4) is 5.75 Å². The van der Waals surface area contributed by atoms with Crippen molar-refractivity contribution in [2.24, 2.45) is 5.92 Å². The predicted molar refractivity (Wildman–Crippen MR) is 66.9 cm³/mol. The number of nitrogens with one attached hydrogen (secondary N) is 1. The average Bonchev–Trinajstić information content (AvgIpc) is 2.61. The molecule has 2 heteroatoms. The molecule has 1 aromatic carbocycles. The molecular formula is C14H21NO. The fourth-order valence-corrected chi connectivity index (χ4v) is 2.56. The van der Waals surface area contributed by atoms with Crippen LogP contribution in [0.5, 0.6) is 5.75 Å². The Balaban J connectivity index is 2.23. The molecule has 1 aromatic rings. The topological polar surface area (TPSA) is 21.3 Å². The smallest absolute Gasteiger partial charge is 0.119 e. The van der Waals surface area contributed by atoms with Gasteiger partial charge in [-0.2, -0.15) is 0 Å². The molecule has 0 heterocycles. The van der Waals surface area contributed by atoms with Crippen molar-refractivity contribution >= 4 is 0 Å². The zero-order valence-electron chi connectivity index (χ0n) is 10.4. The zero-order valence-corrected chi connectivity index (χ0v) is 10.4. The van der Waals surface area contributed by atoms with E-state index in [1.807, 2.05) is 0 Å². The molecule has 2 rings (SSSR count). The summed E-state index contributed by atoms with van der Waals surface area (Å²) in [6.45, 7) is 5.62. The van der Waals surface area contributed by atoms with Crippen LogP contribution in [-0.2, 0) is 6.42 Å². The molecular weight excluding hydrogens is 198 g/mol. The van der Waals surface area contributed by atoms with Gasteiger partial charge in [-0.05, 0) is 48.6 Å². The first-order chi connectivity index (χ1) is 7.76. The first kappa shape index (κ1) is 11.5. The molecule has 0 bridgehead atoms. The van der Waals surface area contributed by atoms with E-state index in [4.69, 9.17) is 4.74 Å². The SMILES string of the molecule is CCCNC1c2cc(OC)ccc2CC1C. The molecule has 88 valence electrons. The highest BCUT2D eigenvalue weighted by Gasteiger charge is 2.28. The maximum absolute atomic E-state index is 5.30. The van der Waals surface area contributed by atoms with Crippen molar-refractivity contribution in [1.29, 1.82) is 0 Å². The van der Waals surface area contributed by atoms with Gasteiger partial charge in [0.25, 0.3) is 0 Å². The Bertz CT molecular complexity index is 362. The second kappa shape index (κ2) is 4.88. The highest BCUT2D eigenvalue weighted by Crippen LogP contribution is 2.37. The lowest BCUT2D eigenvalue weighted by Crippen LogP contribution is -2.24. The zero-order chi connectivity index (χ0) is 11.5. The van der Waals surface area contributed by atoms with Gasteiger partial charge in [-0.1, -0.05) is 19.9 Å². The molecule has 1 aliphatic carbocycles. The summed E-state index contributed by atoms with van der Waals surface area (Å²) in [4.78, 5) is 0. The molecule has 1 N–H and O–H groups in total. The van der Waals surface area contributed by atoms with E-state index in [2.05, 4.69) is 37.4 Å². The van der Waals surface area contributed by atoms with Crippen LogP contribution in [-0.4, -0.2) is 13.7 Å². The highest BCUT2D eigenvalue weighted by atomic mass is 16.5. The molecule has 0 fully saturated rings. The van der Waals surface area contributed by atoms with Gasteiger partial charge in [0.05, 0.1) is 7.11 Å². The normalized spacial score (nSPS) is 23.2. The van der Waals surface area contributed by atoms with E-state index in [1.165, 1.54) is 24.0 Å². The minimum absolute atomic E-state index is 0.505. The van der Waals surface area contributed by atoms with E-state index in [0.717, 1.165) is 12.3 Å². The van der Waals surface area contributed by atoms with Crippen molar-refractivity contribution in [1.82, 2.24) is 5.32 Å². The molecule has 0 spiro atoms. The Labute approximate surface area is 98.0 Å². The monoisotopic (exact) mass is 219 g/mol. The molecule has 2 atom stereocenters. The summed E-state index contributed by atoms with van der Waals surface area (Å²) in [6.07, 6.45) is 2.36. The van der Waals surface area contributed by atoms with Crippen LogP contribution in [0.4, 0.5) is 0 Å². The van der Waals surface area contributed by atoms with Crippen molar-refractivity contribution in [3.63, 3.8) is 0 Å². The predicted octanol–water partition coefficient (Wildman–Crippen LogP) is 2.93. The summed E-state index contributed by atoms with van der Waals surface area (Å²) in [5, 5.41) is 3.63. The molecule has 0 saturated heterocycles. The lowest BCUT2D eigenvalue weighted by molar-refractivity contribution is 0.405. The summed E-state index contributed by atoms with van der Waals surface area (Å²) in [7, 11) is 1.73. The first-order valence-corrected chi connectivity index (χ1v) is 6.16. The van der Waals surface area contributed by atoms with Crippen molar-refractivity contribution in [2.45, 2.75) is 32.7 Å². The van der Waals surface area contributed by atoms with Gasteiger partial charge in [-0.3, -0.25) is 0 Å². The van der Waals surface area contributed by atoms with Gasteiger partial charge >= 0.3 is 0 Å². The Kier molecular flexibility index (Phi) is 3.49. The van der Waals surface area contributed by atoms with Crippen LogP contribution in [0, 0.1) is 5.92 Å². The van der Waals surface area contributed by atoms with Crippen LogP contribution in [0.1, 0.15) is 37.4 Å². The second-order valence-corrected chi connectivity index (χ2v) is 4.68. The quantitative estimate of drug-likeness (QED) is 0.840. The summed E-state index contributed by atoms with van der Waals surface area (Å²) < 4.78 is 5.30. The first-order valence-electron chi connectivity index (χ1n) is 6.16. The summed E-state index contributed by atoms with van der Waals surface area (Å²) in [5.41, 5.74) is 2.90. The Morgan fingerprint density at radius 1 is 1.44 bits per heavy atom. The van der Waals surface area contributed by atoms with Gasteiger partial charge in [0.15, 0.2) is 0 Å². The number of hydrogen-bond acceptors (Lipinski definition) is 2. The van der Waals surface area contributed by atoms with Crippen molar-refractivity contribution in [3.05, 3.63) is 29.3 Å². The molecule has 0 radical (unpaired) electrons. The van der Waals surface area contributed by atoms with Gasteiger partial charge in [0.2, 0.25) is 0 Å². The van der Waals surface area contributed by atoms with E-state index >= 15 is 0 Å². The van der Waals surface area contributed by atoms with E-state index in [9.17, 15) is 0 Å². The van der Waals surface area contributed by atoms with Crippen LogP contribution in [0.15, 0.2) is 18.2 Å². The van der Waals surface area contributed by atoms with Crippen LogP contribution in [0.25, 0.3) is 0 Å². The van der Waals surface area contributed by atoms with Crippen LogP contribution in [0.3, 0.4) is 0 Å². The van der Waals surface area contributed by atoms with Crippen molar-refractivity contribution < 1.29 is 4.74 Å². The third kappa shape index (κ3) is 2.07. The number of methoxy groups -OCH3 is 1. The Morgan fingerprint density at radius 3 is 2.94 bits per heavy atom. The minimum Gasteiger partial charge on any atom is -0.497 e. The number of ether oxygens (including phenoxy) is 1. The molecule has 16 heavy (non-hydrogen) atoms. The van der Waals surface area contributed by atoms with Gasteiger partial charge in [0.1, 0.15) is 5.75 Å². The molecule has 0 aromatic heterocycles. The standard InChI is InChI=1S/C14H21NO/c1-4-7-15-14-10(2)8-11-5-6-12(16-3)9-13(11)14/h5-6,9-10,14-15H,4,7-8H2,1-3H3. The largest absolute Gasteiger partial charge is 0.497 e. The second-order valence-electron chi connectivity index (χ2n) is 4.68. The van der Waals surface area contributed by atoms with Gasteiger partial charge in [0, 0.05) is 6.04 Å². The Hall–Kier alpha value is -1.02. The van der Waals surface area contributed by atoms with Gasteiger partial charge in [-0.25, -0.2) is 0 Å². The van der Waals surface area contributed by atoms with Crippen molar-refractivity contribution in [2.75, 3.05) is 13.7 Å². The molecule has 0 amide bonds. The third-order valence-electron chi connectivity index (χ3n) is 3.41. The fourth-order valence-electron chi connectivity index (χ4n) is 2.56. The number of rotatable bonds is 4.